The maximum Gasteiger partial charge on any atom is 0.226 e. The molecule has 2 unspecified atom stereocenters. The van der Waals surface area contributed by atoms with Crippen LogP contribution in [0.25, 0.3) is 11.2 Å². The Kier molecular flexibility index (Phi) is 2.77. The molecule has 0 saturated heterocycles. The van der Waals surface area contributed by atoms with Crippen molar-refractivity contribution in [3.63, 3.8) is 0 Å². The lowest BCUT2D eigenvalue weighted by molar-refractivity contribution is 0.785. The van der Waals surface area contributed by atoms with Gasteiger partial charge in [0.05, 0.1) is 6.33 Å². The van der Waals surface area contributed by atoms with Crippen molar-refractivity contribution in [2.45, 2.75) is 20.3 Å². The molecule has 6 nitrogen and oxygen atoms in total. The van der Waals surface area contributed by atoms with Gasteiger partial charge in [-0.05, 0) is 25.2 Å². The molecule has 0 bridgehead atoms. The molecule has 2 atom stereocenters. The van der Waals surface area contributed by atoms with E-state index in [4.69, 9.17) is 0 Å². The summed E-state index contributed by atoms with van der Waals surface area (Å²) in [7, 11) is 0. The quantitative estimate of drug-likeness (QED) is 0.750. The van der Waals surface area contributed by atoms with Crippen molar-refractivity contribution >= 4 is 22.9 Å². The van der Waals surface area contributed by atoms with Crippen molar-refractivity contribution in [3.8, 4) is 0 Å². The van der Waals surface area contributed by atoms with Gasteiger partial charge in [-0.3, -0.25) is 0 Å². The van der Waals surface area contributed by atoms with Crippen molar-refractivity contribution in [1.82, 2.24) is 19.9 Å². The second-order valence-electron chi connectivity index (χ2n) is 4.88. The molecule has 96 valence electrons. The highest BCUT2D eigenvalue weighted by Crippen LogP contribution is 2.37. The fraction of sp³-hybridized carbons (Fsp3) is 0.583. The fourth-order valence-corrected chi connectivity index (χ4v) is 2.11. The molecule has 1 aliphatic carbocycles. The molecular formula is C12H18N6. The van der Waals surface area contributed by atoms with Gasteiger partial charge >= 0.3 is 0 Å². The van der Waals surface area contributed by atoms with Crippen molar-refractivity contribution < 1.29 is 0 Å². The van der Waals surface area contributed by atoms with E-state index in [0.29, 0.717) is 11.6 Å². The Labute approximate surface area is 106 Å². The van der Waals surface area contributed by atoms with Crippen LogP contribution in [0.1, 0.15) is 20.3 Å². The van der Waals surface area contributed by atoms with E-state index in [1.807, 2.05) is 6.92 Å². The monoisotopic (exact) mass is 246 g/mol. The van der Waals surface area contributed by atoms with Crippen molar-refractivity contribution in [1.29, 1.82) is 0 Å². The van der Waals surface area contributed by atoms with Gasteiger partial charge in [-0.25, -0.2) is 4.98 Å². The van der Waals surface area contributed by atoms with E-state index in [-0.39, 0.29) is 0 Å². The maximum absolute atomic E-state index is 4.48. The van der Waals surface area contributed by atoms with Crippen molar-refractivity contribution in [2.24, 2.45) is 11.8 Å². The van der Waals surface area contributed by atoms with Crippen molar-refractivity contribution in [2.75, 3.05) is 23.7 Å². The van der Waals surface area contributed by atoms with E-state index >= 15 is 0 Å². The topological polar surface area (TPSA) is 78.5 Å². The Balaban J connectivity index is 1.84. The molecule has 0 aliphatic heterocycles. The molecule has 0 aromatic carbocycles. The molecule has 0 amide bonds. The van der Waals surface area contributed by atoms with Gasteiger partial charge in [-0.15, -0.1) is 0 Å². The molecule has 2 heterocycles. The summed E-state index contributed by atoms with van der Waals surface area (Å²) in [6.07, 6.45) is 2.96. The number of aromatic nitrogens is 4. The van der Waals surface area contributed by atoms with Crippen LogP contribution in [0.15, 0.2) is 6.33 Å². The van der Waals surface area contributed by atoms with Gasteiger partial charge in [0.1, 0.15) is 5.52 Å². The number of rotatable bonds is 5. The van der Waals surface area contributed by atoms with Crippen LogP contribution in [-0.2, 0) is 0 Å². The maximum atomic E-state index is 4.48. The number of imidazole rings is 1. The second kappa shape index (κ2) is 4.44. The van der Waals surface area contributed by atoms with Crippen LogP contribution in [0.3, 0.4) is 0 Å². The molecule has 18 heavy (non-hydrogen) atoms. The third-order valence-corrected chi connectivity index (χ3v) is 3.43. The number of anilines is 2. The van der Waals surface area contributed by atoms with E-state index in [2.05, 4.69) is 37.5 Å². The summed E-state index contributed by atoms with van der Waals surface area (Å²) in [5.74, 6) is 3.08. The highest BCUT2D eigenvalue weighted by molar-refractivity contribution is 5.83. The molecular weight excluding hydrogens is 228 g/mol. The minimum Gasteiger partial charge on any atom is -0.368 e. The van der Waals surface area contributed by atoms with Crippen LogP contribution in [0.5, 0.6) is 0 Å². The van der Waals surface area contributed by atoms with Gasteiger partial charge in [-0.1, -0.05) is 6.92 Å². The molecule has 2 aromatic heterocycles. The first-order valence-electron chi connectivity index (χ1n) is 6.46. The van der Waals surface area contributed by atoms with E-state index in [0.717, 1.165) is 36.3 Å². The first-order valence-corrected chi connectivity index (χ1v) is 6.46. The van der Waals surface area contributed by atoms with Crippen molar-refractivity contribution in [3.05, 3.63) is 6.33 Å². The van der Waals surface area contributed by atoms with E-state index in [1.165, 1.54) is 6.42 Å². The average Bonchev–Trinajstić information content (AvgIpc) is 2.87. The van der Waals surface area contributed by atoms with Gasteiger partial charge < -0.3 is 15.6 Å². The van der Waals surface area contributed by atoms with Gasteiger partial charge in [0, 0.05) is 13.1 Å². The van der Waals surface area contributed by atoms with Crippen LogP contribution < -0.4 is 10.6 Å². The molecule has 2 aromatic rings. The molecule has 1 saturated carbocycles. The van der Waals surface area contributed by atoms with Gasteiger partial charge in [0.25, 0.3) is 0 Å². The van der Waals surface area contributed by atoms with Crippen LogP contribution in [0.2, 0.25) is 0 Å². The van der Waals surface area contributed by atoms with Crippen LogP contribution >= 0.6 is 0 Å². The van der Waals surface area contributed by atoms with E-state index < -0.39 is 0 Å². The summed E-state index contributed by atoms with van der Waals surface area (Å²) in [4.78, 5) is 16.1. The third kappa shape index (κ3) is 2.10. The largest absolute Gasteiger partial charge is 0.368 e. The van der Waals surface area contributed by atoms with Crippen LogP contribution in [0, 0.1) is 11.8 Å². The summed E-state index contributed by atoms with van der Waals surface area (Å²) in [6.45, 7) is 6.08. The third-order valence-electron chi connectivity index (χ3n) is 3.43. The average molecular weight is 246 g/mol. The summed E-state index contributed by atoms with van der Waals surface area (Å²) in [5.41, 5.74) is 1.58. The first kappa shape index (κ1) is 11.3. The van der Waals surface area contributed by atoms with E-state index in [9.17, 15) is 0 Å². The van der Waals surface area contributed by atoms with Gasteiger partial charge in [-0.2, -0.15) is 9.97 Å². The Bertz CT molecular complexity index is 548. The predicted octanol–water partition coefficient (Wildman–Crippen LogP) is 1.85. The van der Waals surface area contributed by atoms with Gasteiger partial charge in [0.2, 0.25) is 5.95 Å². The summed E-state index contributed by atoms with van der Waals surface area (Å²) < 4.78 is 0. The Morgan fingerprint density at radius 1 is 1.39 bits per heavy atom. The standard InChI is InChI=1S/C12H18N6/c1-3-13-12-17-10(14-5-8-4-7(8)2)9-11(18-12)16-6-15-9/h6-8H,3-5H2,1-2H3,(H3,13,14,15,16,17,18). The molecule has 1 aliphatic rings. The van der Waals surface area contributed by atoms with Crippen LogP contribution in [0.4, 0.5) is 11.8 Å². The normalized spacial score (nSPS) is 22.1. The zero-order valence-electron chi connectivity index (χ0n) is 10.7. The number of fused-ring (bicyclic) bond motifs is 1. The fourth-order valence-electron chi connectivity index (χ4n) is 2.11. The lowest BCUT2D eigenvalue weighted by Gasteiger charge is -2.08. The molecule has 1 fully saturated rings. The summed E-state index contributed by atoms with van der Waals surface area (Å²) in [6, 6.07) is 0. The molecule has 6 heteroatoms. The van der Waals surface area contributed by atoms with Gasteiger partial charge in [0.15, 0.2) is 11.5 Å². The predicted molar refractivity (Wildman–Crippen MR) is 71.6 cm³/mol. The lowest BCUT2D eigenvalue weighted by Crippen LogP contribution is -2.09. The number of H-pyrrole nitrogens is 1. The zero-order chi connectivity index (χ0) is 12.5. The minimum absolute atomic E-state index is 0.628. The van der Waals surface area contributed by atoms with Crippen LogP contribution in [-0.4, -0.2) is 33.0 Å². The highest BCUT2D eigenvalue weighted by Gasteiger charge is 2.32. The first-order chi connectivity index (χ1) is 8.78. The number of hydrogen-bond donors (Lipinski definition) is 3. The number of nitrogens with one attached hydrogen (secondary N) is 3. The number of aromatic amines is 1. The second-order valence-corrected chi connectivity index (χ2v) is 4.88. The molecule has 0 spiro atoms. The zero-order valence-corrected chi connectivity index (χ0v) is 10.7. The Morgan fingerprint density at radius 2 is 2.22 bits per heavy atom. The Morgan fingerprint density at radius 3 is 2.94 bits per heavy atom. The summed E-state index contributed by atoms with van der Waals surface area (Å²) >= 11 is 0. The number of hydrogen-bond acceptors (Lipinski definition) is 5. The minimum atomic E-state index is 0.628. The Hall–Kier alpha value is -1.85. The molecule has 3 rings (SSSR count). The molecule has 0 radical (unpaired) electrons. The number of nitrogens with zero attached hydrogens (tertiary/aromatic N) is 3. The lowest BCUT2D eigenvalue weighted by atomic mass is 10.3. The smallest absolute Gasteiger partial charge is 0.226 e. The van der Waals surface area contributed by atoms with E-state index in [1.54, 1.807) is 6.33 Å². The SMILES string of the molecule is CCNc1nc(NCC2CC2C)c2[nH]cnc2n1. The molecule has 3 N–H and O–H groups in total. The highest BCUT2D eigenvalue weighted by atomic mass is 15.2. The summed E-state index contributed by atoms with van der Waals surface area (Å²) in [5, 5.41) is 6.53.